The van der Waals surface area contributed by atoms with Gasteiger partial charge in [-0.2, -0.15) is 5.26 Å². The fourth-order valence-corrected chi connectivity index (χ4v) is 1.84. The molecule has 0 radical (unpaired) electrons. The van der Waals surface area contributed by atoms with Crippen molar-refractivity contribution in [3.05, 3.63) is 59.2 Å². The fourth-order valence-electron chi connectivity index (χ4n) is 1.84. The number of amides is 2. The molecule has 0 atom stereocenters. The lowest BCUT2D eigenvalue weighted by atomic mass is 10.1. The Labute approximate surface area is 129 Å². The normalized spacial score (nSPS) is 9.68. The summed E-state index contributed by atoms with van der Waals surface area (Å²) in [6.45, 7) is 4.07. The lowest BCUT2D eigenvalue weighted by Gasteiger charge is -2.11. The van der Waals surface area contributed by atoms with Gasteiger partial charge < -0.3 is 15.4 Å². The highest BCUT2D eigenvalue weighted by Gasteiger charge is 2.05. The molecule has 0 saturated carbocycles. The molecule has 5 heteroatoms. The molecule has 0 aliphatic heterocycles. The Bertz CT molecular complexity index is 720. The van der Waals surface area contributed by atoms with Gasteiger partial charge in [0.15, 0.2) is 6.73 Å². The monoisotopic (exact) mass is 295 g/mol. The van der Waals surface area contributed by atoms with Gasteiger partial charge in [0.25, 0.3) is 0 Å². The van der Waals surface area contributed by atoms with Crippen LogP contribution in [0.5, 0.6) is 5.75 Å². The third kappa shape index (κ3) is 4.00. The first-order valence-electron chi connectivity index (χ1n) is 6.84. The van der Waals surface area contributed by atoms with Gasteiger partial charge in [-0.1, -0.05) is 18.2 Å². The molecule has 0 unspecified atom stereocenters. The maximum absolute atomic E-state index is 11.8. The van der Waals surface area contributed by atoms with Crippen molar-refractivity contribution in [2.45, 2.75) is 13.8 Å². The largest absolute Gasteiger partial charge is 0.473 e. The maximum atomic E-state index is 11.8. The lowest BCUT2D eigenvalue weighted by molar-refractivity contribution is 0.234. The van der Waals surface area contributed by atoms with Crippen LogP contribution in [0.25, 0.3) is 0 Å². The highest BCUT2D eigenvalue weighted by molar-refractivity contribution is 5.90. The second kappa shape index (κ2) is 7.14. The van der Waals surface area contributed by atoms with Gasteiger partial charge in [-0.15, -0.1) is 0 Å². The van der Waals surface area contributed by atoms with Crippen molar-refractivity contribution in [2.75, 3.05) is 12.0 Å². The van der Waals surface area contributed by atoms with E-state index in [2.05, 4.69) is 10.6 Å². The van der Waals surface area contributed by atoms with E-state index in [0.29, 0.717) is 17.0 Å². The molecule has 0 bridgehead atoms. The van der Waals surface area contributed by atoms with Crippen LogP contribution in [-0.2, 0) is 0 Å². The minimum Gasteiger partial charge on any atom is -0.473 e. The molecule has 0 spiro atoms. The van der Waals surface area contributed by atoms with Gasteiger partial charge >= 0.3 is 6.03 Å². The third-order valence-corrected chi connectivity index (χ3v) is 3.25. The van der Waals surface area contributed by atoms with Crippen LogP contribution in [0.3, 0.4) is 0 Å². The summed E-state index contributed by atoms with van der Waals surface area (Å²) in [7, 11) is 0. The number of carbonyl (C=O) groups excluding carboxylic acids is 1. The number of carbonyl (C=O) groups is 1. The Balaban J connectivity index is 1.85. The van der Waals surface area contributed by atoms with E-state index in [1.165, 1.54) is 5.56 Å². The predicted molar refractivity (Wildman–Crippen MR) is 84.7 cm³/mol. The third-order valence-electron chi connectivity index (χ3n) is 3.25. The van der Waals surface area contributed by atoms with Gasteiger partial charge in [-0.05, 0) is 49.2 Å². The minimum atomic E-state index is -0.425. The van der Waals surface area contributed by atoms with Crippen LogP contribution in [0.4, 0.5) is 10.5 Å². The van der Waals surface area contributed by atoms with E-state index < -0.39 is 6.03 Å². The van der Waals surface area contributed by atoms with Crippen LogP contribution in [0, 0.1) is 25.2 Å². The molecule has 5 nitrogen and oxygen atoms in total. The lowest BCUT2D eigenvalue weighted by Crippen LogP contribution is -2.32. The molecule has 112 valence electrons. The van der Waals surface area contributed by atoms with Crippen LogP contribution >= 0.6 is 0 Å². The molecule has 2 rings (SSSR count). The van der Waals surface area contributed by atoms with Gasteiger partial charge in [-0.25, -0.2) is 4.79 Å². The molecule has 2 aromatic rings. The van der Waals surface area contributed by atoms with Crippen LogP contribution in [0.1, 0.15) is 16.7 Å². The van der Waals surface area contributed by atoms with Crippen molar-refractivity contribution >= 4 is 11.7 Å². The Morgan fingerprint density at radius 3 is 2.68 bits per heavy atom. The van der Waals surface area contributed by atoms with Gasteiger partial charge in [0.05, 0.1) is 11.3 Å². The molecular weight excluding hydrogens is 278 g/mol. The number of para-hydroxylation sites is 1. The van der Waals surface area contributed by atoms with Gasteiger partial charge in [0.2, 0.25) is 0 Å². The number of urea groups is 1. The number of ether oxygens (including phenoxy) is 1. The van der Waals surface area contributed by atoms with Crippen molar-refractivity contribution in [1.82, 2.24) is 5.32 Å². The van der Waals surface area contributed by atoms with Crippen LogP contribution in [-0.4, -0.2) is 12.8 Å². The van der Waals surface area contributed by atoms with E-state index in [1.54, 1.807) is 24.3 Å². The van der Waals surface area contributed by atoms with Crippen molar-refractivity contribution in [3.63, 3.8) is 0 Å². The number of hydrogen-bond acceptors (Lipinski definition) is 3. The second-order valence-corrected chi connectivity index (χ2v) is 4.82. The summed E-state index contributed by atoms with van der Waals surface area (Å²) in [5.41, 5.74) is 3.19. The Morgan fingerprint density at radius 1 is 1.18 bits per heavy atom. The zero-order chi connectivity index (χ0) is 15.9. The van der Waals surface area contributed by atoms with Crippen LogP contribution in [0.15, 0.2) is 42.5 Å². The number of hydrogen-bond donors (Lipinski definition) is 2. The average Bonchev–Trinajstić information content (AvgIpc) is 2.51. The van der Waals surface area contributed by atoms with Crippen LogP contribution in [0.2, 0.25) is 0 Å². The summed E-state index contributed by atoms with van der Waals surface area (Å²) in [5, 5.41) is 14.2. The summed E-state index contributed by atoms with van der Waals surface area (Å²) in [5.74, 6) is 0.695. The first-order valence-corrected chi connectivity index (χ1v) is 6.84. The molecule has 0 aromatic heterocycles. The Hall–Kier alpha value is -3.00. The van der Waals surface area contributed by atoms with E-state index in [4.69, 9.17) is 10.00 Å². The zero-order valence-corrected chi connectivity index (χ0v) is 12.5. The molecule has 2 aromatic carbocycles. The topological polar surface area (TPSA) is 74.2 Å². The molecule has 0 aliphatic rings. The molecule has 0 fully saturated rings. The van der Waals surface area contributed by atoms with E-state index in [0.717, 1.165) is 5.56 Å². The summed E-state index contributed by atoms with van der Waals surface area (Å²) < 4.78 is 5.47. The van der Waals surface area contributed by atoms with Crippen molar-refractivity contribution in [2.24, 2.45) is 0 Å². The maximum Gasteiger partial charge on any atom is 0.321 e. The summed E-state index contributed by atoms with van der Waals surface area (Å²) in [6, 6.07) is 14.1. The van der Waals surface area contributed by atoms with E-state index >= 15 is 0 Å². The number of rotatable bonds is 4. The molecule has 2 N–H and O–H groups in total. The van der Waals surface area contributed by atoms with Gasteiger partial charge in [0.1, 0.15) is 11.8 Å². The Morgan fingerprint density at radius 2 is 1.95 bits per heavy atom. The second-order valence-electron chi connectivity index (χ2n) is 4.82. The number of aryl methyl sites for hydroxylation is 2. The van der Waals surface area contributed by atoms with E-state index in [9.17, 15) is 4.79 Å². The molecular formula is C17H17N3O2. The summed E-state index contributed by atoms with van der Waals surface area (Å²) >= 11 is 0. The summed E-state index contributed by atoms with van der Waals surface area (Å²) in [4.78, 5) is 11.8. The molecule has 2 amide bonds. The predicted octanol–water partition coefficient (Wildman–Crippen LogP) is 3.33. The first-order chi connectivity index (χ1) is 10.6. The fraction of sp³-hybridized carbons (Fsp3) is 0.176. The SMILES string of the molecule is Cc1ccc(OCNC(=O)Nc2ccccc2C#N)cc1C. The van der Waals surface area contributed by atoms with Crippen LogP contribution < -0.4 is 15.4 Å². The van der Waals surface area contributed by atoms with Crippen molar-refractivity contribution in [1.29, 1.82) is 5.26 Å². The van der Waals surface area contributed by atoms with Crippen molar-refractivity contribution < 1.29 is 9.53 Å². The number of anilines is 1. The summed E-state index contributed by atoms with van der Waals surface area (Å²) in [6.07, 6.45) is 0. The van der Waals surface area contributed by atoms with E-state index in [-0.39, 0.29) is 6.73 Å². The molecule has 0 saturated heterocycles. The quantitative estimate of drug-likeness (QED) is 0.850. The average molecular weight is 295 g/mol. The number of nitrogens with one attached hydrogen (secondary N) is 2. The highest BCUT2D eigenvalue weighted by atomic mass is 16.5. The highest BCUT2D eigenvalue weighted by Crippen LogP contribution is 2.16. The minimum absolute atomic E-state index is 0.0447. The molecule has 0 aliphatic carbocycles. The standard InChI is InChI=1S/C17H17N3O2/c1-12-7-8-15(9-13(12)2)22-11-19-17(21)20-16-6-4-3-5-14(16)10-18/h3-9H,11H2,1-2H3,(H2,19,20,21). The van der Waals surface area contributed by atoms with E-state index in [1.807, 2.05) is 38.1 Å². The zero-order valence-electron chi connectivity index (χ0n) is 12.5. The van der Waals surface area contributed by atoms with Gasteiger partial charge in [-0.3, -0.25) is 0 Å². The molecule has 0 heterocycles. The van der Waals surface area contributed by atoms with Crippen molar-refractivity contribution in [3.8, 4) is 11.8 Å². The number of benzene rings is 2. The number of nitrogens with zero attached hydrogens (tertiary/aromatic N) is 1. The van der Waals surface area contributed by atoms with Gasteiger partial charge in [0, 0.05) is 0 Å². The molecule has 22 heavy (non-hydrogen) atoms. The first kappa shape index (κ1) is 15.4. The Kier molecular flexibility index (Phi) is 4.99. The number of nitriles is 1. The smallest absolute Gasteiger partial charge is 0.321 e.